The summed E-state index contributed by atoms with van der Waals surface area (Å²) in [6.07, 6.45) is 0. The van der Waals surface area contributed by atoms with Crippen molar-refractivity contribution in [2.45, 2.75) is 72.0 Å². The van der Waals surface area contributed by atoms with Gasteiger partial charge in [-0.15, -0.1) is 0 Å². The van der Waals surface area contributed by atoms with Crippen molar-refractivity contribution in [1.82, 2.24) is 0 Å². The fourth-order valence-electron chi connectivity index (χ4n) is 8.50. The Morgan fingerprint density at radius 2 is 0.734 bits per heavy atom. The van der Waals surface area contributed by atoms with Crippen LogP contribution < -0.4 is 29.2 Å². The first-order valence-corrected chi connectivity index (χ1v) is 27.6. The monoisotopic (exact) mass is 1150 g/mol. The van der Waals surface area contributed by atoms with Crippen LogP contribution >= 0.6 is 0 Å². The van der Waals surface area contributed by atoms with Crippen molar-refractivity contribution in [3.05, 3.63) is 226 Å². The van der Waals surface area contributed by atoms with E-state index in [1.807, 2.05) is 76.2 Å². The number of carboxylic acids is 2. The van der Waals surface area contributed by atoms with Crippen molar-refractivity contribution in [3.63, 3.8) is 0 Å². The summed E-state index contributed by atoms with van der Waals surface area (Å²) in [6, 6.07) is 50.0. The number of aryl methyl sites for hydroxylation is 2. The van der Waals surface area contributed by atoms with Gasteiger partial charge in [-0.1, -0.05) is 124 Å². The number of aromatic carboxylic acids is 2. The summed E-state index contributed by atoms with van der Waals surface area (Å²) in [5.74, 6) is -1.26. The Hall–Kier alpha value is -7.98. The normalized spacial score (nSPS) is 11.5. The molecular formula is C62H58O14S2Zn. The quantitative estimate of drug-likeness (QED) is 0.0535. The third-order valence-electron chi connectivity index (χ3n) is 13.3. The number of carboxylic acid groups (broad SMARTS) is 2. The van der Waals surface area contributed by atoms with Crippen molar-refractivity contribution >= 4 is 31.6 Å². The SMILES string of the molecule is Cc1ccccc1S(=O)(=O)c1ccc(OCCOc2cccc(C(C)(C)c3ccc(C(=O)O)c([O-])c3)c2)cc1.Cc1ccccc1S(=O)(=O)c1ccc(OCCOc2cccc(C(C)(C)c3ccc(C(=O)O)c([O-])c3)c2)cc1.[Zn+2]. The van der Waals surface area contributed by atoms with Gasteiger partial charge in [-0.25, -0.2) is 26.4 Å². The smallest absolute Gasteiger partial charge is 0.872 e. The van der Waals surface area contributed by atoms with E-state index >= 15 is 0 Å². The van der Waals surface area contributed by atoms with Crippen LogP contribution in [0.25, 0.3) is 0 Å². The molecule has 0 saturated carbocycles. The molecular weight excluding hydrogens is 1100 g/mol. The molecule has 17 heteroatoms. The van der Waals surface area contributed by atoms with E-state index in [1.165, 1.54) is 48.5 Å². The number of benzene rings is 8. The zero-order chi connectivity index (χ0) is 56.4. The molecule has 404 valence electrons. The standard InChI is InChI=1S/2C31H30O7S.Zn/c2*1-21-7-4-5-10-29(21)39(35,36)26-14-12-24(13-15-26)37-17-18-38-25-9-6-8-22(19-25)31(2,3)23-11-16-27(30(33)34)28(32)20-23;/h2*4-16,19-20,32H,17-18H2,1-3H3,(H,33,34);/q;;+2/p-2. The third kappa shape index (κ3) is 14.4. The van der Waals surface area contributed by atoms with Crippen molar-refractivity contribution in [3.8, 4) is 34.5 Å². The minimum absolute atomic E-state index is 0. The molecule has 0 heterocycles. The first-order chi connectivity index (χ1) is 37.0. The molecule has 0 amide bonds. The van der Waals surface area contributed by atoms with Crippen molar-refractivity contribution in [2.24, 2.45) is 0 Å². The van der Waals surface area contributed by atoms with Gasteiger partial charge in [-0.3, -0.25) is 0 Å². The van der Waals surface area contributed by atoms with Crippen molar-refractivity contribution in [2.75, 3.05) is 26.4 Å². The molecule has 8 aromatic carbocycles. The molecule has 2 N–H and O–H groups in total. The number of ether oxygens (including phenoxy) is 4. The Kier molecular flexibility index (Phi) is 19.6. The summed E-state index contributed by atoms with van der Waals surface area (Å²) in [6.45, 7) is 12.3. The van der Waals surface area contributed by atoms with Crippen molar-refractivity contribution in [1.29, 1.82) is 0 Å². The van der Waals surface area contributed by atoms with Crippen LogP contribution in [0.15, 0.2) is 202 Å². The summed E-state index contributed by atoms with van der Waals surface area (Å²) >= 11 is 0. The molecule has 8 rings (SSSR count). The predicted octanol–water partition coefficient (Wildman–Crippen LogP) is 10.8. The van der Waals surface area contributed by atoms with Gasteiger partial charge in [-0.2, -0.15) is 0 Å². The van der Waals surface area contributed by atoms with Gasteiger partial charge in [0.05, 0.1) is 30.7 Å². The van der Waals surface area contributed by atoms with E-state index < -0.39 is 53.9 Å². The van der Waals surface area contributed by atoms with Crippen LogP contribution in [0.1, 0.15) is 81.8 Å². The minimum Gasteiger partial charge on any atom is -0.872 e. The van der Waals surface area contributed by atoms with Gasteiger partial charge in [0.2, 0.25) is 19.7 Å². The first kappa shape index (κ1) is 60.3. The number of hydrogen-bond donors (Lipinski definition) is 2. The van der Waals surface area contributed by atoms with E-state index in [0.29, 0.717) is 45.3 Å². The third-order valence-corrected chi connectivity index (χ3v) is 17.1. The second-order valence-electron chi connectivity index (χ2n) is 19.2. The Bertz CT molecular complexity index is 3430. The van der Waals surface area contributed by atoms with Crippen molar-refractivity contribution < 1.29 is 85.3 Å². The van der Waals surface area contributed by atoms with Crippen LogP contribution in [-0.2, 0) is 50.0 Å². The molecule has 0 radical (unpaired) electrons. The summed E-state index contributed by atoms with van der Waals surface area (Å²) < 4.78 is 74.9. The molecule has 0 unspecified atom stereocenters. The molecule has 0 aliphatic carbocycles. The number of hydrogen-bond acceptors (Lipinski definition) is 12. The fraction of sp³-hybridized carbons (Fsp3) is 0.194. The molecule has 0 aliphatic heterocycles. The summed E-state index contributed by atoms with van der Waals surface area (Å²) in [5.41, 5.74) is 2.93. The molecule has 0 fully saturated rings. The summed E-state index contributed by atoms with van der Waals surface area (Å²) in [4.78, 5) is 23.3. The van der Waals surface area contributed by atoms with E-state index in [0.717, 1.165) is 11.1 Å². The number of rotatable bonds is 20. The average Bonchev–Trinajstić information content (AvgIpc) is 3.42. The Balaban J connectivity index is 0.000000252. The second-order valence-corrected chi connectivity index (χ2v) is 23.0. The Morgan fingerprint density at radius 1 is 0.418 bits per heavy atom. The largest absolute Gasteiger partial charge is 2.00 e. The maximum atomic E-state index is 12.9. The van der Waals surface area contributed by atoms with E-state index in [4.69, 9.17) is 29.2 Å². The van der Waals surface area contributed by atoms with Gasteiger partial charge in [0.1, 0.15) is 49.4 Å². The Labute approximate surface area is 473 Å². The molecule has 0 spiro atoms. The molecule has 0 atom stereocenters. The second kappa shape index (κ2) is 25.7. The van der Waals surface area contributed by atoms with Gasteiger partial charge in [0.15, 0.2) is 0 Å². The average molecular weight is 1160 g/mol. The zero-order valence-corrected chi connectivity index (χ0v) is 49.1. The van der Waals surface area contributed by atoms with Gasteiger partial charge in [-0.05, 0) is 144 Å². The molecule has 8 aromatic rings. The summed E-state index contributed by atoms with van der Waals surface area (Å²) in [7, 11) is -7.23. The number of carbonyl (C=O) groups is 2. The van der Waals surface area contributed by atoms with Crippen LogP contribution in [-0.4, -0.2) is 65.4 Å². The first-order valence-electron chi connectivity index (χ1n) is 24.6. The van der Waals surface area contributed by atoms with Gasteiger partial charge in [0, 0.05) is 10.8 Å². The molecule has 0 aliphatic rings. The molecule has 0 aromatic heterocycles. The van der Waals surface area contributed by atoms with Gasteiger partial charge in [0.25, 0.3) is 0 Å². The van der Waals surface area contributed by atoms with Crippen LogP contribution in [0.2, 0.25) is 0 Å². The van der Waals surface area contributed by atoms with E-state index in [1.54, 1.807) is 98.8 Å². The van der Waals surface area contributed by atoms with Crippen LogP contribution in [0.4, 0.5) is 0 Å². The Morgan fingerprint density at radius 3 is 1.05 bits per heavy atom. The van der Waals surface area contributed by atoms with Crippen LogP contribution in [0.5, 0.6) is 34.5 Å². The van der Waals surface area contributed by atoms with Crippen LogP contribution in [0, 0.1) is 13.8 Å². The molecule has 0 saturated heterocycles. The van der Waals surface area contributed by atoms with Crippen LogP contribution in [0.3, 0.4) is 0 Å². The molecule has 0 bridgehead atoms. The summed E-state index contributed by atoms with van der Waals surface area (Å²) in [5, 5.41) is 42.7. The topological polar surface area (TPSA) is 226 Å². The zero-order valence-electron chi connectivity index (χ0n) is 44.5. The fourth-order valence-corrected chi connectivity index (χ4v) is 11.5. The predicted molar refractivity (Wildman–Crippen MR) is 291 cm³/mol. The number of sulfone groups is 2. The molecule has 14 nitrogen and oxygen atoms in total. The maximum absolute atomic E-state index is 12.9. The maximum Gasteiger partial charge on any atom is 2.00 e. The minimum atomic E-state index is -3.62. The van der Waals surface area contributed by atoms with E-state index in [9.17, 15) is 36.6 Å². The molecule has 79 heavy (non-hydrogen) atoms. The van der Waals surface area contributed by atoms with Gasteiger partial charge >= 0.3 is 31.4 Å². The van der Waals surface area contributed by atoms with Gasteiger partial charge < -0.3 is 39.4 Å². The van der Waals surface area contributed by atoms with E-state index in [2.05, 4.69) is 0 Å². The van der Waals surface area contributed by atoms with E-state index in [-0.39, 0.29) is 76.6 Å².